The topological polar surface area (TPSA) is 47.6 Å². The Kier molecular flexibility index (Phi) is 4.73. The fourth-order valence-electron chi connectivity index (χ4n) is 2.12. The monoisotopic (exact) mass is 249 g/mol. The molecule has 0 saturated carbocycles. The first-order chi connectivity index (χ1) is 8.81. The van der Waals surface area contributed by atoms with Gasteiger partial charge in [0.15, 0.2) is 0 Å². The van der Waals surface area contributed by atoms with Crippen molar-refractivity contribution < 1.29 is 14.3 Å². The highest BCUT2D eigenvalue weighted by Crippen LogP contribution is 2.20. The lowest BCUT2D eigenvalue weighted by Gasteiger charge is -2.21. The third-order valence-electron chi connectivity index (χ3n) is 3.17. The number of amides is 1. The highest BCUT2D eigenvalue weighted by molar-refractivity contribution is 5.93. The Balaban J connectivity index is 2.01. The lowest BCUT2D eigenvalue weighted by atomic mass is 9.99. The van der Waals surface area contributed by atoms with Crippen LogP contribution in [0.2, 0.25) is 0 Å². The number of anilines is 1. The molecule has 0 aromatic heterocycles. The molecule has 0 spiro atoms. The molecule has 1 aromatic rings. The zero-order chi connectivity index (χ0) is 12.8. The van der Waals surface area contributed by atoms with E-state index in [9.17, 15) is 4.79 Å². The fourth-order valence-corrected chi connectivity index (χ4v) is 2.12. The molecule has 0 atom stereocenters. The van der Waals surface area contributed by atoms with Gasteiger partial charge in [-0.05, 0) is 18.9 Å². The van der Waals surface area contributed by atoms with Crippen LogP contribution in [0.5, 0.6) is 0 Å². The van der Waals surface area contributed by atoms with Gasteiger partial charge in [0.25, 0.3) is 0 Å². The lowest BCUT2D eigenvalue weighted by molar-refractivity contribution is -0.122. The van der Waals surface area contributed by atoms with Gasteiger partial charge in [0.1, 0.15) is 0 Å². The third kappa shape index (κ3) is 3.31. The molecule has 1 aromatic carbocycles. The van der Waals surface area contributed by atoms with E-state index in [1.807, 2.05) is 24.3 Å². The van der Waals surface area contributed by atoms with E-state index in [1.165, 1.54) is 0 Å². The van der Waals surface area contributed by atoms with Gasteiger partial charge in [0, 0.05) is 37.5 Å². The molecule has 4 nitrogen and oxygen atoms in total. The van der Waals surface area contributed by atoms with Crippen molar-refractivity contribution in [3.63, 3.8) is 0 Å². The highest BCUT2D eigenvalue weighted by atomic mass is 16.5. The van der Waals surface area contributed by atoms with Crippen LogP contribution >= 0.6 is 0 Å². The molecule has 0 unspecified atom stereocenters. The van der Waals surface area contributed by atoms with Crippen LogP contribution in [0.15, 0.2) is 24.3 Å². The first kappa shape index (κ1) is 13.1. The summed E-state index contributed by atoms with van der Waals surface area (Å²) in [6.45, 7) is 1.86. The highest BCUT2D eigenvalue weighted by Gasteiger charge is 2.21. The Morgan fingerprint density at radius 1 is 1.39 bits per heavy atom. The van der Waals surface area contributed by atoms with Crippen molar-refractivity contribution >= 4 is 11.6 Å². The summed E-state index contributed by atoms with van der Waals surface area (Å²) in [7, 11) is 1.65. The molecule has 1 heterocycles. The maximum absolute atomic E-state index is 12.1. The SMILES string of the molecule is COCc1ccccc1NC(=O)C1CCOCC1. The molecule has 18 heavy (non-hydrogen) atoms. The number of ether oxygens (including phenoxy) is 2. The van der Waals surface area contributed by atoms with Crippen molar-refractivity contribution in [3.8, 4) is 0 Å². The van der Waals surface area contributed by atoms with Gasteiger partial charge in [-0.2, -0.15) is 0 Å². The number of rotatable bonds is 4. The predicted octanol–water partition coefficient (Wildman–Crippen LogP) is 2.20. The maximum atomic E-state index is 12.1. The number of para-hydroxylation sites is 1. The van der Waals surface area contributed by atoms with E-state index >= 15 is 0 Å². The first-order valence-electron chi connectivity index (χ1n) is 6.26. The van der Waals surface area contributed by atoms with Crippen molar-refractivity contribution in [2.24, 2.45) is 5.92 Å². The van der Waals surface area contributed by atoms with Crippen LogP contribution in [0.3, 0.4) is 0 Å². The zero-order valence-corrected chi connectivity index (χ0v) is 10.6. The second kappa shape index (κ2) is 6.52. The summed E-state index contributed by atoms with van der Waals surface area (Å²) in [6.07, 6.45) is 1.61. The molecule has 4 heteroatoms. The first-order valence-corrected chi connectivity index (χ1v) is 6.26. The Morgan fingerprint density at radius 2 is 2.11 bits per heavy atom. The Labute approximate surface area is 107 Å². The summed E-state index contributed by atoms with van der Waals surface area (Å²) in [4.78, 5) is 12.1. The standard InChI is InChI=1S/C14H19NO3/c1-17-10-12-4-2-3-5-13(12)15-14(16)11-6-8-18-9-7-11/h2-5,11H,6-10H2,1H3,(H,15,16). The normalized spacial score (nSPS) is 16.5. The van der Waals surface area contributed by atoms with Gasteiger partial charge >= 0.3 is 0 Å². The van der Waals surface area contributed by atoms with Crippen molar-refractivity contribution in [1.82, 2.24) is 0 Å². The quantitative estimate of drug-likeness (QED) is 0.890. The molecule has 1 aliphatic heterocycles. The van der Waals surface area contributed by atoms with Crippen molar-refractivity contribution in [1.29, 1.82) is 0 Å². The van der Waals surface area contributed by atoms with Crippen LogP contribution in [0.4, 0.5) is 5.69 Å². The van der Waals surface area contributed by atoms with Gasteiger partial charge in [0.2, 0.25) is 5.91 Å². The molecule has 0 bridgehead atoms. The summed E-state index contributed by atoms with van der Waals surface area (Å²) >= 11 is 0. The van der Waals surface area contributed by atoms with E-state index in [2.05, 4.69) is 5.32 Å². The number of carbonyl (C=O) groups is 1. The van der Waals surface area contributed by atoms with Crippen molar-refractivity contribution in [3.05, 3.63) is 29.8 Å². The zero-order valence-electron chi connectivity index (χ0n) is 10.6. The molecule has 1 saturated heterocycles. The van der Waals surface area contributed by atoms with E-state index in [-0.39, 0.29) is 11.8 Å². The van der Waals surface area contributed by atoms with Gasteiger partial charge < -0.3 is 14.8 Å². The van der Waals surface area contributed by atoms with Crippen LogP contribution in [0, 0.1) is 5.92 Å². The number of carbonyl (C=O) groups excluding carboxylic acids is 1. The van der Waals surface area contributed by atoms with E-state index in [4.69, 9.17) is 9.47 Å². The van der Waals surface area contributed by atoms with Gasteiger partial charge in [-0.15, -0.1) is 0 Å². The van der Waals surface area contributed by atoms with Crippen LogP contribution in [-0.2, 0) is 20.9 Å². The smallest absolute Gasteiger partial charge is 0.227 e. The van der Waals surface area contributed by atoms with Crippen molar-refractivity contribution in [2.45, 2.75) is 19.4 Å². The molecule has 0 radical (unpaired) electrons. The molecule has 1 aliphatic rings. The molecule has 98 valence electrons. The van der Waals surface area contributed by atoms with Gasteiger partial charge in [0.05, 0.1) is 6.61 Å². The van der Waals surface area contributed by atoms with E-state index in [1.54, 1.807) is 7.11 Å². The Hall–Kier alpha value is -1.39. The third-order valence-corrected chi connectivity index (χ3v) is 3.17. The number of hydrogen-bond donors (Lipinski definition) is 1. The van der Waals surface area contributed by atoms with E-state index in [0.29, 0.717) is 19.8 Å². The molecule has 2 rings (SSSR count). The summed E-state index contributed by atoms with van der Waals surface area (Å²) in [5.41, 5.74) is 1.84. The average molecular weight is 249 g/mol. The number of benzene rings is 1. The van der Waals surface area contributed by atoms with Crippen LogP contribution < -0.4 is 5.32 Å². The summed E-state index contributed by atoms with van der Waals surface area (Å²) < 4.78 is 10.4. The number of nitrogens with one attached hydrogen (secondary N) is 1. The average Bonchev–Trinajstić information content (AvgIpc) is 2.42. The fraction of sp³-hybridized carbons (Fsp3) is 0.500. The minimum atomic E-state index is 0.0642. The minimum absolute atomic E-state index is 0.0642. The second-order valence-electron chi connectivity index (χ2n) is 4.47. The Morgan fingerprint density at radius 3 is 2.83 bits per heavy atom. The molecule has 1 amide bonds. The molecule has 0 aliphatic carbocycles. The molecular weight excluding hydrogens is 230 g/mol. The maximum Gasteiger partial charge on any atom is 0.227 e. The summed E-state index contributed by atoms with van der Waals surface area (Å²) in [5, 5.41) is 2.99. The summed E-state index contributed by atoms with van der Waals surface area (Å²) in [5.74, 6) is 0.149. The predicted molar refractivity (Wildman–Crippen MR) is 69.3 cm³/mol. The largest absolute Gasteiger partial charge is 0.381 e. The van der Waals surface area contributed by atoms with E-state index in [0.717, 1.165) is 24.1 Å². The number of methoxy groups -OCH3 is 1. The lowest BCUT2D eigenvalue weighted by Crippen LogP contribution is -2.28. The van der Waals surface area contributed by atoms with E-state index < -0.39 is 0 Å². The second-order valence-corrected chi connectivity index (χ2v) is 4.47. The van der Waals surface area contributed by atoms with Gasteiger partial charge in [-0.1, -0.05) is 18.2 Å². The van der Waals surface area contributed by atoms with Crippen molar-refractivity contribution in [2.75, 3.05) is 25.6 Å². The molecule has 1 N–H and O–H groups in total. The van der Waals surface area contributed by atoms with Gasteiger partial charge in [-0.3, -0.25) is 4.79 Å². The number of hydrogen-bond acceptors (Lipinski definition) is 3. The van der Waals surface area contributed by atoms with Crippen LogP contribution in [0.1, 0.15) is 18.4 Å². The summed E-state index contributed by atoms with van der Waals surface area (Å²) in [6, 6.07) is 7.73. The Bertz CT molecular complexity index is 400. The molecule has 1 fully saturated rings. The van der Waals surface area contributed by atoms with Crippen LogP contribution in [0.25, 0.3) is 0 Å². The van der Waals surface area contributed by atoms with Crippen LogP contribution in [-0.4, -0.2) is 26.2 Å². The minimum Gasteiger partial charge on any atom is -0.381 e. The molecular formula is C14H19NO3. The van der Waals surface area contributed by atoms with Gasteiger partial charge in [-0.25, -0.2) is 0 Å².